The van der Waals surface area contributed by atoms with Crippen LogP contribution in [0.15, 0.2) is 72.8 Å². The minimum absolute atomic E-state index is 0.0167. The van der Waals surface area contributed by atoms with E-state index in [2.05, 4.69) is 30.0 Å². The number of para-hydroxylation sites is 1. The molecule has 1 N–H and O–H groups in total. The standard InChI is InChI=1S/C33H38FN3O3/c1-22-17-37(23(2)20-38)33(39)32-31(28-11-7-8-12-29(28)36(32)4)27-10-6-5-9-25(27)21-40-30(22)19-35(3)18-24-13-15-26(34)16-14-24/h5-16,22-23,30,38H,17-21H2,1-4H3/t22-,23+,30+/m1/s1. The zero-order valence-corrected chi connectivity index (χ0v) is 23.7. The molecule has 6 nitrogen and oxygen atoms in total. The summed E-state index contributed by atoms with van der Waals surface area (Å²) >= 11 is 0. The summed E-state index contributed by atoms with van der Waals surface area (Å²) in [6.45, 7) is 5.98. The Kier molecular flexibility index (Phi) is 8.35. The zero-order chi connectivity index (χ0) is 28.4. The molecule has 0 spiro atoms. The lowest BCUT2D eigenvalue weighted by atomic mass is 9.96. The summed E-state index contributed by atoms with van der Waals surface area (Å²) in [5.74, 6) is -0.365. The number of aryl methyl sites for hydroxylation is 1. The number of benzene rings is 3. The Balaban J connectivity index is 1.56. The third-order valence-electron chi connectivity index (χ3n) is 8.08. The molecule has 3 atom stereocenters. The average Bonchev–Trinajstić information content (AvgIpc) is 3.25. The number of ether oxygens (including phenoxy) is 1. The quantitative estimate of drug-likeness (QED) is 0.350. The molecule has 0 radical (unpaired) electrons. The van der Waals surface area contributed by atoms with E-state index in [1.165, 1.54) is 12.1 Å². The number of aromatic nitrogens is 1. The SMILES string of the molecule is C[C@@H]1CN([C@@H](C)CO)C(=O)c2c(c3ccccc3n2C)-c2ccccc2CO[C@H]1CN(C)Cc1ccc(F)cc1. The van der Waals surface area contributed by atoms with Crippen molar-refractivity contribution in [2.75, 3.05) is 26.7 Å². The van der Waals surface area contributed by atoms with Crippen molar-refractivity contribution in [3.05, 3.63) is 95.4 Å². The van der Waals surface area contributed by atoms with Crippen molar-refractivity contribution in [2.45, 2.75) is 39.1 Å². The predicted molar refractivity (Wildman–Crippen MR) is 156 cm³/mol. The van der Waals surface area contributed by atoms with Crippen molar-refractivity contribution in [1.82, 2.24) is 14.4 Å². The van der Waals surface area contributed by atoms with E-state index < -0.39 is 0 Å². The molecule has 0 fully saturated rings. The number of likely N-dealkylation sites (N-methyl/N-ethyl adjacent to an activating group) is 1. The van der Waals surface area contributed by atoms with E-state index >= 15 is 0 Å². The summed E-state index contributed by atoms with van der Waals surface area (Å²) in [6, 6.07) is 22.4. The van der Waals surface area contributed by atoms with E-state index in [-0.39, 0.29) is 36.4 Å². The van der Waals surface area contributed by atoms with Crippen LogP contribution in [0.4, 0.5) is 4.39 Å². The van der Waals surface area contributed by atoms with Gasteiger partial charge in [0.15, 0.2) is 0 Å². The first-order chi connectivity index (χ1) is 19.3. The third kappa shape index (κ3) is 5.55. The molecule has 1 aliphatic heterocycles. The fourth-order valence-electron chi connectivity index (χ4n) is 5.80. The van der Waals surface area contributed by atoms with Crippen LogP contribution in [0, 0.1) is 11.7 Å². The van der Waals surface area contributed by atoms with Gasteiger partial charge in [0.25, 0.3) is 5.91 Å². The number of halogens is 1. The summed E-state index contributed by atoms with van der Waals surface area (Å²) < 4.78 is 22.1. The number of hydrogen-bond acceptors (Lipinski definition) is 4. The lowest BCUT2D eigenvalue weighted by molar-refractivity contribution is -0.0242. The van der Waals surface area contributed by atoms with Gasteiger partial charge in [0.1, 0.15) is 11.5 Å². The van der Waals surface area contributed by atoms with Gasteiger partial charge in [-0.05, 0) is 48.9 Å². The van der Waals surface area contributed by atoms with Crippen LogP contribution in [0.25, 0.3) is 22.0 Å². The summed E-state index contributed by atoms with van der Waals surface area (Å²) in [4.78, 5) is 18.4. The molecule has 210 valence electrons. The number of aliphatic hydroxyl groups is 1. The first kappa shape index (κ1) is 28.0. The molecular weight excluding hydrogens is 505 g/mol. The summed E-state index contributed by atoms with van der Waals surface area (Å²) in [5.41, 5.74) is 5.53. The van der Waals surface area contributed by atoms with Crippen LogP contribution in [0.3, 0.4) is 0 Å². The van der Waals surface area contributed by atoms with Crippen molar-refractivity contribution in [1.29, 1.82) is 0 Å². The first-order valence-corrected chi connectivity index (χ1v) is 13.9. The molecule has 4 aromatic rings. The number of rotatable bonds is 6. The largest absolute Gasteiger partial charge is 0.394 e. The monoisotopic (exact) mass is 543 g/mol. The van der Waals surface area contributed by atoms with E-state index in [0.717, 1.165) is 33.2 Å². The minimum Gasteiger partial charge on any atom is -0.394 e. The van der Waals surface area contributed by atoms with E-state index in [4.69, 9.17) is 4.74 Å². The highest BCUT2D eigenvalue weighted by atomic mass is 19.1. The Hall–Kier alpha value is -3.52. The van der Waals surface area contributed by atoms with Crippen LogP contribution in [-0.4, -0.2) is 64.3 Å². The van der Waals surface area contributed by atoms with E-state index in [0.29, 0.717) is 31.9 Å². The van der Waals surface area contributed by atoms with Crippen molar-refractivity contribution in [2.24, 2.45) is 13.0 Å². The van der Waals surface area contributed by atoms with Gasteiger partial charge in [-0.3, -0.25) is 9.69 Å². The predicted octanol–water partition coefficient (Wildman–Crippen LogP) is 5.47. The van der Waals surface area contributed by atoms with Gasteiger partial charge in [-0.1, -0.05) is 61.5 Å². The van der Waals surface area contributed by atoms with Crippen LogP contribution in [0.2, 0.25) is 0 Å². The number of carbonyl (C=O) groups excluding carboxylic acids is 1. The molecule has 40 heavy (non-hydrogen) atoms. The molecule has 0 bridgehead atoms. The molecule has 2 heterocycles. The Morgan fingerprint density at radius 1 is 1.07 bits per heavy atom. The van der Waals surface area contributed by atoms with Crippen molar-refractivity contribution in [3.8, 4) is 11.1 Å². The topological polar surface area (TPSA) is 57.9 Å². The van der Waals surface area contributed by atoms with Crippen molar-refractivity contribution in [3.63, 3.8) is 0 Å². The van der Waals surface area contributed by atoms with E-state index in [1.807, 2.05) is 55.9 Å². The van der Waals surface area contributed by atoms with Gasteiger partial charge in [-0.15, -0.1) is 0 Å². The molecule has 1 aromatic heterocycles. The number of fused-ring (bicyclic) bond motifs is 5. The molecule has 0 saturated carbocycles. The number of hydrogen-bond donors (Lipinski definition) is 1. The van der Waals surface area contributed by atoms with Crippen LogP contribution >= 0.6 is 0 Å². The molecule has 0 unspecified atom stereocenters. The molecular formula is C33H38FN3O3. The van der Waals surface area contributed by atoms with Crippen LogP contribution in [0.1, 0.15) is 35.5 Å². The number of nitrogens with zero attached hydrogens (tertiary/aromatic N) is 3. The summed E-state index contributed by atoms with van der Waals surface area (Å²) in [7, 11) is 3.97. The normalized spacial score (nSPS) is 18.9. The Morgan fingerprint density at radius 3 is 2.52 bits per heavy atom. The Bertz CT molecular complexity index is 1480. The number of carbonyl (C=O) groups is 1. The van der Waals surface area contributed by atoms with Crippen molar-refractivity contribution >= 4 is 16.8 Å². The Morgan fingerprint density at radius 2 is 1.77 bits per heavy atom. The average molecular weight is 544 g/mol. The minimum atomic E-state index is -0.366. The molecule has 0 aliphatic carbocycles. The third-order valence-corrected chi connectivity index (χ3v) is 8.08. The number of amides is 1. The van der Waals surface area contributed by atoms with Gasteiger partial charge in [0, 0.05) is 49.1 Å². The fourth-order valence-corrected chi connectivity index (χ4v) is 5.80. The van der Waals surface area contributed by atoms with Gasteiger partial charge in [-0.2, -0.15) is 0 Å². The Labute approximate surface area is 235 Å². The van der Waals surface area contributed by atoms with Crippen LogP contribution in [-0.2, 0) is 24.9 Å². The first-order valence-electron chi connectivity index (χ1n) is 13.9. The molecule has 3 aromatic carbocycles. The van der Waals surface area contributed by atoms with Gasteiger partial charge in [-0.25, -0.2) is 4.39 Å². The van der Waals surface area contributed by atoms with Crippen molar-refractivity contribution < 1.29 is 19.0 Å². The second-order valence-electron chi connectivity index (χ2n) is 11.1. The molecule has 7 heteroatoms. The molecule has 5 rings (SSSR count). The summed E-state index contributed by atoms with van der Waals surface area (Å²) in [5, 5.41) is 11.2. The molecule has 1 amide bonds. The molecule has 1 aliphatic rings. The van der Waals surface area contributed by atoms with E-state index in [1.54, 1.807) is 17.0 Å². The smallest absolute Gasteiger partial charge is 0.271 e. The maximum atomic E-state index is 14.4. The van der Waals surface area contributed by atoms with Crippen LogP contribution < -0.4 is 0 Å². The highest BCUT2D eigenvalue weighted by Gasteiger charge is 2.33. The maximum Gasteiger partial charge on any atom is 0.271 e. The highest BCUT2D eigenvalue weighted by Crippen LogP contribution is 2.38. The molecule has 0 saturated heterocycles. The van der Waals surface area contributed by atoms with Gasteiger partial charge < -0.3 is 19.3 Å². The van der Waals surface area contributed by atoms with E-state index in [9.17, 15) is 14.3 Å². The highest BCUT2D eigenvalue weighted by molar-refractivity contribution is 6.10. The maximum absolute atomic E-state index is 14.4. The zero-order valence-electron chi connectivity index (χ0n) is 23.7. The van der Waals surface area contributed by atoms with Gasteiger partial charge in [0.05, 0.1) is 25.4 Å². The second-order valence-corrected chi connectivity index (χ2v) is 11.1. The van der Waals surface area contributed by atoms with Gasteiger partial charge in [0.2, 0.25) is 0 Å². The lowest BCUT2D eigenvalue weighted by Crippen LogP contribution is -2.47. The second kappa shape index (κ2) is 11.9. The summed E-state index contributed by atoms with van der Waals surface area (Å²) in [6.07, 6.45) is -0.183. The van der Waals surface area contributed by atoms with Crippen LogP contribution in [0.5, 0.6) is 0 Å². The lowest BCUT2D eigenvalue weighted by Gasteiger charge is -2.35. The van der Waals surface area contributed by atoms with Gasteiger partial charge >= 0.3 is 0 Å². The fraction of sp³-hybridized carbons (Fsp3) is 0.364. The number of aliphatic hydroxyl groups excluding tert-OH is 1.